The Bertz CT molecular complexity index is 425. The van der Waals surface area contributed by atoms with E-state index < -0.39 is 0 Å². The van der Waals surface area contributed by atoms with E-state index in [9.17, 15) is 0 Å². The zero-order valence-corrected chi connectivity index (χ0v) is 12.6. The van der Waals surface area contributed by atoms with Gasteiger partial charge in [0.2, 0.25) is 0 Å². The summed E-state index contributed by atoms with van der Waals surface area (Å²) < 4.78 is 5.30. The SMILES string of the molecule is COc1ccc(C(Cl)C2CCCC2(C)C)cc1C. The minimum Gasteiger partial charge on any atom is -0.496 e. The lowest BCUT2D eigenvalue weighted by Gasteiger charge is -2.31. The molecule has 1 aliphatic rings. The fraction of sp³-hybridized carbons (Fsp3) is 0.625. The van der Waals surface area contributed by atoms with Crippen LogP contribution in [0.3, 0.4) is 0 Å². The maximum Gasteiger partial charge on any atom is 0.121 e. The van der Waals surface area contributed by atoms with Crippen LogP contribution in [0.1, 0.15) is 49.6 Å². The van der Waals surface area contributed by atoms with Crippen LogP contribution in [0.4, 0.5) is 0 Å². The molecule has 1 saturated carbocycles. The average molecular weight is 267 g/mol. The quantitative estimate of drug-likeness (QED) is 0.691. The van der Waals surface area contributed by atoms with Crippen molar-refractivity contribution in [2.24, 2.45) is 11.3 Å². The van der Waals surface area contributed by atoms with E-state index in [1.54, 1.807) is 7.11 Å². The average Bonchev–Trinajstić information content (AvgIpc) is 2.68. The monoisotopic (exact) mass is 266 g/mol. The molecular formula is C16H23ClO. The van der Waals surface area contributed by atoms with E-state index in [2.05, 4.69) is 32.9 Å². The third-order valence-electron chi connectivity index (χ3n) is 4.43. The summed E-state index contributed by atoms with van der Waals surface area (Å²) in [7, 11) is 1.71. The number of ether oxygens (including phenoxy) is 1. The van der Waals surface area contributed by atoms with Crippen molar-refractivity contribution in [3.8, 4) is 5.75 Å². The van der Waals surface area contributed by atoms with Crippen LogP contribution in [0.5, 0.6) is 5.75 Å². The van der Waals surface area contributed by atoms with Crippen LogP contribution in [0.2, 0.25) is 0 Å². The van der Waals surface area contributed by atoms with Gasteiger partial charge in [0.15, 0.2) is 0 Å². The molecule has 0 spiro atoms. The second kappa shape index (κ2) is 5.13. The molecule has 1 aliphatic carbocycles. The highest BCUT2D eigenvalue weighted by Gasteiger charge is 2.39. The Morgan fingerprint density at radius 1 is 1.39 bits per heavy atom. The largest absolute Gasteiger partial charge is 0.496 e. The molecule has 1 aromatic carbocycles. The molecule has 0 saturated heterocycles. The fourth-order valence-electron chi connectivity index (χ4n) is 3.20. The molecule has 0 aromatic heterocycles. The maximum absolute atomic E-state index is 6.72. The first kappa shape index (κ1) is 13.7. The first-order valence-corrected chi connectivity index (χ1v) is 7.18. The maximum atomic E-state index is 6.72. The van der Waals surface area contributed by atoms with Gasteiger partial charge >= 0.3 is 0 Å². The molecule has 2 atom stereocenters. The van der Waals surface area contributed by atoms with Crippen molar-refractivity contribution in [2.75, 3.05) is 7.11 Å². The first-order valence-electron chi connectivity index (χ1n) is 6.74. The summed E-state index contributed by atoms with van der Waals surface area (Å²) in [5.41, 5.74) is 2.76. The van der Waals surface area contributed by atoms with Crippen LogP contribution in [-0.2, 0) is 0 Å². The Kier molecular flexibility index (Phi) is 3.91. The lowest BCUT2D eigenvalue weighted by molar-refractivity contribution is 0.252. The fourth-order valence-corrected chi connectivity index (χ4v) is 3.80. The van der Waals surface area contributed by atoms with Crippen LogP contribution in [0, 0.1) is 18.3 Å². The zero-order valence-electron chi connectivity index (χ0n) is 11.8. The number of hydrogen-bond acceptors (Lipinski definition) is 1. The van der Waals surface area contributed by atoms with Gasteiger partial charge in [-0.1, -0.05) is 32.4 Å². The van der Waals surface area contributed by atoms with Crippen molar-refractivity contribution in [2.45, 2.75) is 45.4 Å². The first-order chi connectivity index (χ1) is 8.45. The molecule has 0 radical (unpaired) electrons. The second-order valence-electron chi connectivity index (χ2n) is 6.12. The summed E-state index contributed by atoms with van der Waals surface area (Å²) in [4.78, 5) is 0. The van der Waals surface area contributed by atoms with Gasteiger partial charge in [0, 0.05) is 0 Å². The molecule has 1 fully saturated rings. The molecule has 0 bridgehead atoms. The molecule has 0 amide bonds. The van der Waals surface area contributed by atoms with Gasteiger partial charge in [-0.2, -0.15) is 0 Å². The molecule has 1 aromatic rings. The van der Waals surface area contributed by atoms with Crippen LogP contribution < -0.4 is 4.74 Å². The van der Waals surface area contributed by atoms with Gasteiger partial charge in [-0.15, -0.1) is 11.6 Å². The highest BCUT2D eigenvalue weighted by molar-refractivity contribution is 6.21. The van der Waals surface area contributed by atoms with Crippen molar-refractivity contribution < 1.29 is 4.74 Å². The lowest BCUT2D eigenvalue weighted by Crippen LogP contribution is -2.21. The Balaban J connectivity index is 2.23. The molecule has 2 rings (SSSR count). The Labute approximate surface area is 115 Å². The third-order valence-corrected chi connectivity index (χ3v) is 4.99. The number of aryl methyl sites for hydroxylation is 1. The Hall–Kier alpha value is -0.690. The smallest absolute Gasteiger partial charge is 0.121 e. The molecular weight excluding hydrogens is 244 g/mol. The van der Waals surface area contributed by atoms with Crippen molar-refractivity contribution in [1.29, 1.82) is 0 Å². The van der Waals surface area contributed by atoms with Gasteiger partial charge in [-0.05, 0) is 48.3 Å². The number of rotatable bonds is 3. The number of benzene rings is 1. The van der Waals surface area contributed by atoms with Crippen LogP contribution in [0.25, 0.3) is 0 Å². The molecule has 2 heteroatoms. The molecule has 18 heavy (non-hydrogen) atoms. The van der Waals surface area contributed by atoms with E-state index in [0.29, 0.717) is 11.3 Å². The van der Waals surface area contributed by atoms with Gasteiger partial charge in [0.25, 0.3) is 0 Å². The van der Waals surface area contributed by atoms with E-state index in [1.165, 1.54) is 24.8 Å². The lowest BCUT2D eigenvalue weighted by atomic mass is 9.78. The van der Waals surface area contributed by atoms with Gasteiger partial charge < -0.3 is 4.74 Å². The summed E-state index contributed by atoms with van der Waals surface area (Å²) in [5, 5.41) is 0.118. The van der Waals surface area contributed by atoms with Crippen molar-refractivity contribution in [3.05, 3.63) is 29.3 Å². The van der Waals surface area contributed by atoms with Crippen molar-refractivity contribution in [3.63, 3.8) is 0 Å². The minimum absolute atomic E-state index is 0.118. The molecule has 0 N–H and O–H groups in total. The van der Waals surface area contributed by atoms with Crippen LogP contribution in [-0.4, -0.2) is 7.11 Å². The summed E-state index contributed by atoms with van der Waals surface area (Å²) in [5.74, 6) is 1.51. The predicted octanol–water partition coefficient (Wildman–Crippen LogP) is 5.11. The summed E-state index contributed by atoms with van der Waals surface area (Å²) >= 11 is 6.72. The van der Waals surface area contributed by atoms with E-state index in [4.69, 9.17) is 16.3 Å². The van der Waals surface area contributed by atoms with E-state index in [0.717, 1.165) is 11.3 Å². The van der Waals surface area contributed by atoms with Crippen molar-refractivity contribution >= 4 is 11.6 Å². The van der Waals surface area contributed by atoms with Crippen molar-refractivity contribution in [1.82, 2.24) is 0 Å². The summed E-state index contributed by atoms with van der Waals surface area (Å²) in [6.45, 7) is 6.76. The number of halogens is 1. The van der Waals surface area contributed by atoms with Gasteiger partial charge in [-0.25, -0.2) is 0 Å². The molecule has 0 heterocycles. The number of alkyl halides is 1. The normalized spacial score (nSPS) is 23.9. The zero-order chi connectivity index (χ0) is 13.3. The highest BCUT2D eigenvalue weighted by atomic mass is 35.5. The molecule has 0 aliphatic heterocycles. The van der Waals surface area contributed by atoms with E-state index in [1.807, 2.05) is 6.07 Å². The van der Waals surface area contributed by atoms with Gasteiger partial charge in [-0.3, -0.25) is 0 Å². The standard InChI is InChI=1S/C16H23ClO/c1-11-10-12(7-8-14(11)18-4)15(17)13-6-5-9-16(13,2)3/h7-8,10,13,15H,5-6,9H2,1-4H3. The molecule has 100 valence electrons. The summed E-state index contributed by atoms with van der Waals surface area (Å²) in [6.07, 6.45) is 3.83. The minimum atomic E-state index is 0.118. The second-order valence-corrected chi connectivity index (χ2v) is 6.59. The topological polar surface area (TPSA) is 9.23 Å². The molecule has 2 unspecified atom stereocenters. The molecule has 1 nitrogen and oxygen atoms in total. The summed E-state index contributed by atoms with van der Waals surface area (Å²) in [6, 6.07) is 6.31. The van der Waals surface area contributed by atoms with Gasteiger partial charge in [0.1, 0.15) is 5.75 Å². The number of hydrogen-bond donors (Lipinski definition) is 0. The highest BCUT2D eigenvalue weighted by Crippen LogP contribution is 2.51. The predicted molar refractivity (Wildman–Crippen MR) is 77.4 cm³/mol. The van der Waals surface area contributed by atoms with Crippen LogP contribution >= 0.6 is 11.6 Å². The number of methoxy groups -OCH3 is 1. The van der Waals surface area contributed by atoms with E-state index >= 15 is 0 Å². The Morgan fingerprint density at radius 3 is 2.61 bits per heavy atom. The van der Waals surface area contributed by atoms with Crippen LogP contribution in [0.15, 0.2) is 18.2 Å². The third kappa shape index (κ3) is 2.51. The van der Waals surface area contributed by atoms with E-state index in [-0.39, 0.29) is 5.38 Å². The van der Waals surface area contributed by atoms with Gasteiger partial charge in [0.05, 0.1) is 12.5 Å². The Morgan fingerprint density at radius 2 is 2.11 bits per heavy atom.